The molecule has 5 N–H and O–H groups in total. The van der Waals surface area contributed by atoms with Crippen molar-refractivity contribution in [2.75, 3.05) is 5.73 Å². The van der Waals surface area contributed by atoms with Crippen molar-refractivity contribution in [3.05, 3.63) is 21.6 Å². The number of amides is 1. The highest BCUT2D eigenvalue weighted by molar-refractivity contribution is 9.10. The van der Waals surface area contributed by atoms with Crippen LogP contribution < -0.4 is 16.2 Å². The van der Waals surface area contributed by atoms with Crippen LogP contribution >= 0.6 is 27.5 Å². The number of carbonyl (C=O) groups excluding carboxylic acids is 1. The predicted molar refractivity (Wildman–Crippen MR) is 81.7 cm³/mol. The number of halogens is 2. The molecule has 0 fully saturated rings. The fraction of sp³-hybridized carbons (Fsp3) is 0.364. The Morgan fingerprint density at radius 1 is 1.40 bits per heavy atom. The highest BCUT2D eigenvalue weighted by Crippen LogP contribution is 2.31. The van der Waals surface area contributed by atoms with Gasteiger partial charge in [0.25, 0.3) is 0 Å². The Kier molecular flexibility index (Phi) is 5.42. The van der Waals surface area contributed by atoms with Crippen molar-refractivity contribution in [2.24, 2.45) is 11.7 Å². The van der Waals surface area contributed by atoms with Crippen molar-refractivity contribution in [3.63, 3.8) is 0 Å². The second-order valence-corrected chi connectivity index (χ2v) is 7.46. The van der Waals surface area contributed by atoms with E-state index in [1.165, 1.54) is 12.1 Å². The number of anilines is 1. The Hall–Kier alpha value is -0.830. The monoisotopic (exact) mass is 383 g/mol. The predicted octanol–water partition coefficient (Wildman–Crippen LogP) is 1.47. The number of nitrogen functional groups attached to an aromatic ring is 1. The largest absolute Gasteiger partial charge is 0.398 e. The van der Waals surface area contributed by atoms with Gasteiger partial charge < -0.3 is 11.5 Å². The third kappa shape index (κ3) is 3.85. The molecular weight excluding hydrogens is 370 g/mol. The molecule has 0 spiro atoms. The lowest BCUT2D eigenvalue weighted by Crippen LogP contribution is -2.47. The van der Waals surface area contributed by atoms with E-state index < -0.39 is 22.0 Å². The zero-order chi connectivity index (χ0) is 15.7. The van der Waals surface area contributed by atoms with Gasteiger partial charge in [0.15, 0.2) is 0 Å². The molecule has 0 aliphatic rings. The summed E-state index contributed by atoms with van der Waals surface area (Å²) in [5.74, 6) is -1.05. The minimum absolute atomic E-state index is 0.144. The van der Waals surface area contributed by atoms with E-state index in [0.29, 0.717) is 0 Å². The number of primary amides is 1. The summed E-state index contributed by atoms with van der Waals surface area (Å²) >= 11 is 8.90. The highest BCUT2D eigenvalue weighted by atomic mass is 79.9. The summed E-state index contributed by atoms with van der Waals surface area (Å²) in [6, 6.07) is 1.63. The van der Waals surface area contributed by atoms with Gasteiger partial charge in [0, 0.05) is 10.7 Å². The average molecular weight is 385 g/mol. The molecule has 0 heterocycles. The van der Waals surface area contributed by atoms with Gasteiger partial charge in [-0.25, -0.2) is 8.42 Å². The summed E-state index contributed by atoms with van der Waals surface area (Å²) in [5, 5.41) is 0.172. The molecule has 0 aromatic heterocycles. The van der Waals surface area contributed by atoms with Gasteiger partial charge in [-0.15, -0.1) is 0 Å². The van der Waals surface area contributed by atoms with E-state index in [2.05, 4.69) is 20.7 Å². The van der Waals surface area contributed by atoms with Crippen molar-refractivity contribution in [1.82, 2.24) is 4.72 Å². The Bertz CT molecular complexity index is 634. The first kappa shape index (κ1) is 17.2. The average Bonchev–Trinajstić information content (AvgIpc) is 2.30. The third-order valence-electron chi connectivity index (χ3n) is 2.58. The van der Waals surface area contributed by atoms with Crippen molar-refractivity contribution in [1.29, 1.82) is 0 Å². The quantitative estimate of drug-likeness (QED) is 0.667. The fourth-order valence-corrected chi connectivity index (χ4v) is 4.18. The first-order chi connectivity index (χ1) is 9.06. The maximum atomic E-state index is 12.3. The Labute approximate surface area is 131 Å². The molecule has 1 atom stereocenters. The second kappa shape index (κ2) is 6.30. The topological polar surface area (TPSA) is 115 Å². The molecule has 112 valence electrons. The number of sulfonamides is 1. The van der Waals surface area contributed by atoms with E-state index in [1.807, 2.05) is 0 Å². The molecule has 1 amide bonds. The van der Waals surface area contributed by atoms with Crippen molar-refractivity contribution in [2.45, 2.75) is 24.8 Å². The molecular formula is C11H15BrClN3O3S. The summed E-state index contributed by atoms with van der Waals surface area (Å²) < 4.78 is 27.1. The molecule has 0 aliphatic heterocycles. The van der Waals surface area contributed by atoms with Crippen molar-refractivity contribution < 1.29 is 13.2 Å². The summed E-state index contributed by atoms with van der Waals surface area (Å²) in [6.45, 7) is 3.36. The molecule has 1 unspecified atom stereocenters. The van der Waals surface area contributed by atoms with Crippen LogP contribution in [0.1, 0.15) is 13.8 Å². The molecule has 0 saturated carbocycles. The van der Waals surface area contributed by atoms with Gasteiger partial charge in [-0.3, -0.25) is 4.79 Å². The molecule has 0 saturated heterocycles. The van der Waals surface area contributed by atoms with E-state index in [4.69, 9.17) is 23.1 Å². The van der Waals surface area contributed by atoms with Crippen molar-refractivity contribution >= 4 is 49.1 Å². The Morgan fingerprint density at radius 3 is 2.40 bits per heavy atom. The van der Waals surface area contributed by atoms with Crippen LogP contribution in [0.2, 0.25) is 5.02 Å². The lowest BCUT2D eigenvalue weighted by Gasteiger charge is -2.19. The van der Waals surface area contributed by atoms with Gasteiger partial charge in [-0.2, -0.15) is 4.72 Å². The number of benzene rings is 1. The second-order valence-electron chi connectivity index (χ2n) is 4.55. The van der Waals surface area contributed by atoms with Gasteiger partial charge in [-0.1, -0.05) is 25.4 Å². The molecule has 0 radical (unpaired) electrons. The minimum atomic E-state index is -3.99. The third-order valence-corrected chi connectivity index (χ3v) is 5.41. The van der Waals surface area contributed by atoms with Gasteiger partial charge in [0.05, 0.1) is 9.37 Å². The van der Waals surface area contributed by atoms with Crippen LogP contribution in [0.15, 0.2) is 21.5 Å². The van der Waals surface area contributed by atoms with Gasteiger partial charge in [0.2, 0.25) is 15.9 Å². The summed E-state index contributed by atoms with van der Waals surface area (Å²) in [6.07, 6.45) is 0. The molecule has 0 aliphatic carbocycles. The minimum Gasteiger partial charge on any atom is -0.398 e. The first-order valence-electron chi connectivity index (χ1n) is 5.62. The van der Waals surface area contributed by atoms with E-state index in [0.717, 1.165) is 0 Å². The zero-order valence-corrected chi connectivity index (χ0v) is 14.0. The van der Waals surface area contributed by atoms with Crippen LogP contribution in [0.5, 0.6) is 0 Å². The molecule has 1 aromatic rings. The zero-order valence-electron chi connectivity index (χ0n) is 10.9. The van der Waals surface area contributed by atoms with Crippen LogP contribution in [-0.4, -0.2) is 20.4 Å². The van der Waals surface area contributed by atoms with E-state index in [9.17, 15) is 13.2 Å². The van der Waals surface area contributed by atoms with Crippen LogP contribution in [0.4, 0.5) is 5.69 Å². The lowest BCUT2D eigenvalue weighted by atomic mass is 10.1. The van der Waals surface area contributed by atoms with Crippen LogP contribution in [-0.2, 0) is 14.8 Å². The van der Waals surface area contributed by atoms with E-state index in [1.54, 1.807) is 13.8 Å². The van der Waals surface area contributed by atoms with Crippen LogP contribution in [0, 0.1) is 5.92 Å². The number of nitrogens with two attached hydrogens (primary N) is 2. The number of carbonyl (C=O) groups is 1. The highest BCUT2D eigenvalue weighted by Gasteiger charge is 2.28. The number of hydrogen-bond acceptors (Lipinski definition) is 4. The molecule has 1 rings (SSSR count). The maximum absolute atomic E-state index is 12.3. The summed E-state index contributed by atoms with van der Waals surface area (Å²) in [4.78, 5) is 11.2. The molecule has 1 aromatic carbocycles. The number of rotatable bonds is 5. The fourth-order valence-electron chi connectivity index (χ4n) is 1.53. The number of hydrogen-bond donors (Lipinski definition) is 3. The van der Waals surface area contributed by atoms with Gasteiger partial charge >= 0.3 is 0 Å². The first-order valence-corrected chi connectivity index (χ1v) is 8.28. The maximum Gasteiger partial charge on any atom is 0.242 e. The van der Waals surface area contributed by atoms with Crippen LogP contribution in [0.25, 0.3) is 0 Å². The Morgan fingerprint density at radius 2 is 1.95 bits per heavy atom. The number of nitrogens with one attached hydrogen (secondary N) is 1. The summed E-state index contributed by atoms with van der Waals surface area (Å²) in [7, 11) is -3.99. The normalized spacial score (nSPS) is 13.4. The Balaban J connectivity index is 3.27. The molecule has 20 heavy (non-hydrogen) atoms. The summed E-state index contributed by atoms with van der Waals surface area (Å²) in [5.41, 5.74) is 11.0. The van der Waals surface area contributed by atoms with Crippen molar-refractivity contribution in [3.8, 4) is 0 Å². The lowest BCUT2D eigenvalue weighted by molar-refractivity contribution is -0.120. The van der Waals surface area contributed by atoms with E-state index >= 15 is 0 Å². The molecule has 6 nitrogen and oxygen atoms in total. The smallest absolute Gasteiger partial charge is 0.242 e. The molecule has 9 heteroatoms. The molecule has 0 bridgehead atoms. The van der Waals surface area contributed by atoms with Crippen LogP contribution in [0.3, 0.4) is 0 Å². The SMILES string of the molecule is CC(C)C(NS(=O)(=O)c1cc(Cl)cc(N)c1Br)C(N)=O. The van der Waals surface area contributed by atoms with Gasteiger partial charge in [-0.05, 0) is 34.0 Å². The van der Waals surface area contributed by atoms with Gasteiger partial charge in [0.1, 0.15) is 6.04 Å². The van der Waals surface area contributed by atoms with E-state index in [-0.39, 0.29) is 26.0 Å². The standard InChI is InChI=1S/C11H15BrClN3O3S/c1-5(2)10(11(15)17)16-20(18,19)8-4-6(13)3-7(14)9(8)12/h3-5,10,16H,14H2,1-2H3,(H2,15,17).